The maximum atomic E-state index is 11.7. The zero-order valence-electron chi connectivity index (χ0n) is 17.2. The van der Waals surface area contributed by atoms with Crippen LogP contribution in [-0.2, 0) is 16.0 Å². The van der Waals surface area contributed by atoms with Crippen LogP contribution in [0, 0.1) is 0 Å². The van der Waals surface area contributed by atoms with Gasteiger partial charge in [0.2, 0.25) is 0 Å². The number of ether oxygens (including phenoxy) is 2. The summed E-state index contributed by atoms with van der Waals surface area (Å²) in [4.78, 5) is 16.4. The number of benzene rings is 1. The molecule has 158 valence electrons. The van der Waals surface area contributed by atoms with Gasteiger partial charge in [-0.1, -0.05) is 12.1 Å². The highest BCUT2D eigenvalue weighted by Crippen LogP contribution is 2.34. The fourth-order valence-corrected chi connectivity index (χ4v) is 3.98. The van der Waals surface area contributed by atoms with Crippen LogP contribution < -0.4 is 20.7 Å². The van der Waals surface area contributed by atoms with Gasteiger partial charge < -0.3 is 25.4 Å². The van der Waals surface area contributed by atoms with Crippen molar-refractivity contribution in [3.63, 3.8) is 0 Å². The Morgan fingerprint density at radius 3 is 2.66 bits per heavy atom. The molecule has 2 aliphatic heterocycles. The van der Waals surface area contributed by atoms with E-state index in [1.807, 2.05) is 24.3 Å². The minimum Gasteiger partial charge on any atom is -0.484 e. The van der Waals surface area contributed by atoms with E-state index in [1.165, 1.54) is 12.0 Å². The molecule has 29 heavy (non-hydrogen) atoms. The summed E-state index contributed by atoms with van der Waals surface area (Å²) in [7, 11) is 0. The molecule has 1 aromatic carbocycles. The number of carbonyl (C=O) groups is 1. The summed E-state index contributed by atoms with van der Waals surface area (Å²) in [5.41, 5.74) is 1.20. The smallest absolute Gasteiger partial charge is 0.258 e. The quantitative estimate of drug-likeness (QED) is 0.435. The number of guanidine groups is 1. The standard InChI is InChI=1S/C22H32N4O3/c1-2-23-22(26-19-13-18-9-10-20(19)29-18)24-12-11-15-3-7-17(8-4-15)28-14-21(27)25-16-5-6-16/h3-4,7-8,16,18-20H,2,5-6,9-14H2,1H3,(H,25,27)(H2,23,24,26). The van der Waals surface area contributed by atoms with Crippen molar-refractivity contribution < 1.29 is 14.3 Å². The van der Waals surface area contributed by atoms with E-state index in [0.29, 0.717) is 30.8 Å². The summed E-state index contributed by atoms with van der Waals surface area (Å²) >= 11 is 0. The summed E-state index contributed by atoms with van der Waals surface area (Å²) in [5.74, 6) is 1.54. The Balaban J connectivity index is 1.21. The van der Waals surface area contributed by atoms with Crippen LogP contribution in [0.4, 0.5) is 0 Å². The first kappa shape index (κ1) is 20.0. The van der Waals surface area contributed by atoms with E-state index in [1.54, 1.807) is 0 Å². The largest absolute Gasteiger partial charge is 0.484 e. The molecule has 1 saturated carbocycles. The molecule has 1 aromatic rings. The lowest BCUT2D eigenvalue weighted by molar-refractivity contribution is -0.123. The van der Waals surface area contributed by atoms with Crippen LogP contribution >= 0.6 is 0 Å². The molecule has 3 atom stereocenters. The zero-order chi connectivity index (χ0) is 20.1. The van der Waals surface area contributed by atoms with Crippen LogP contribution in [0.3, 0.4) is 0 Å². The monoisotopic (exact) mass is 400 g/mol. The average Bonchev–Trinajstić information content (AvgIpc) is 3.28. The minimum atomic E-state index is -0.0461. The minimum absolute atomic E-state index is 0.0461. The number of rotatable bonds is 9. The van der Waals surface area contributed by atoms with Crippen molar-refractivity contribution in [1.82, 2.24) is 16.0 Å². The predicted molar refractivity (Wildman–Crippen MR) is 112 cm³/mol. The van der Waals surface area contributed by atoms with Crippen molar-refractivity contribution in [2.75, 3.05) is 19.7 Å². The summed E-state index contributed by atoms with van der Waals surface area (Å²) in [6.45, 7) is 3.71. The van der Waals surface area contributed by atoms with Crippen molar-refractivity contribution >= 4 is 11.9 Å². The molecule has 7 heteroatoms. The summed E-state index contributed by atoms with van der Waals surface area (Å²) in [6, 6.07) is 8.65. The highest BCUT2D eigenvalue weighted by Gasteiger charge is 2.41. The van der Waals surface area contributed by atoms with Crippen molar-refractivity contribution in [1.29, 1.82) is 0 Å². The van der Waals surface area contributed by atoms with Crippen LogP contribution in [-0.4, -0.2) is 55.9 Å². The molecule has 0 aromatic heterocycles. The lowest BCUT2D eigenvalue weighted by Gasteiger charge is -2.22. The zero-order valence-corrected chi connectivity index (χ0v) is 17.2. The number of aliphatic imine (C=N–C) groups is 1. The second-order valence-electron chi connectivity index (χ2n) is 8.15. The molecule has 0 radical (unpaired) electrons. The Bertz CT molecular complexity index is 717. The van der Waals surface area contributed by atoms with Gasteiger partial charge in [0, 0.05) is 19.1 Å². The first-order valence-corrected chi connectivity index (χ1v) is 10.9. The molecule has 2 heterocycles. The number of carbonyl (C=O) groups excluding carboxylic acids is 1. The first-order chi connectivity index (χ1) is 14.2. The van der Waals surface area contributed by atoms with Gasteiger partial charge in [0.15, 0.2) is 12.6 Å². The average molecular weight is 401 g/mol. The highest BCUT2D eigenvalue weighted by atomic mass is 16.5. The third-order valence-corrected chi connectivity index (χ3v) is 5.68. The van der Waals surface area contributed by atoms with Crippen LogP contribution in [0.5, 0.6) is 5.75 Å². The molecule has 3 unspecified atom stereocenters. The SMILES string of the molecule is CCNC(=NCCc1ccc(OCC(=O)NC2CC2)cc1)NC1CC2CCC1O2. The molecule has 4 rings (SSSR count). The normalized spacial score (nSPS) is 25.7. The third kappa shape index (κ3) is 5.85. The number of nitrogens with one attached hydrogen (secondary N) is 3. The molecular formula is C22H32N4O3. The molecule has 1 amide bonds. The van der Waals surface area contributed by atoms with Gasteiger partial charge in [-0.3, -0.25) is 9.79 Å². The second kappa shape index (κ2) is 9.48. The molecule has 7 nitrogen and oxygen atoms in total. The maximum Gasteiger partial charge on any atom is 0.258 e. The molecule has 2 bridgehead atoms. The predicted octanol–water partition coefficient (Wildman–Crippen LogP) is 1.76. The van der Waals surface area contributed by atoms with Gasteiger partial charge in [0.05, 0.1) is 18.2 Å². The lowest BCUT2D eigenvalue weighted by Crippen LogP contribution is -2.47. The topological polar surface area (TPSA) is 84.0 Å². The first-order valence-electron chi connectivity index (χ1n) is 10.9. The molecule has 3 aliphatic rings. The number of hydrogen-bond donors (Lipinski definition) is 3. The molecular weight excluding hydrogens is 368 g/mol. The van der Waals surface area contributed by atoms with E-state index in [2.05, 4.69) is 22.9 Å². The molecule has 2 saturated heterocycles. The van der Waals surface area contributed by atoms with Crippen molar-refractivity contribution in [3.05, 3.63) is 29.8 Å². The number of fused-ring (bicyclic) bond motifs is 2. The van der Waals surface area contributed by atoms with E-state index in [4.69, 9.17) is 14.5 Å². The number of amides is 1. The Kier molecular flexibility index (Phi) is 6.54. The Morgan fingerprint density at radius 2 is 2.00 bits per heavy atom. The summed E-state index contributed by atoms with van der Waals surface area (Å²) in [6.07, 6.45) is 7.22. The van der Waals surface area contributed by atoms with Crippen LogP contribution in [0.25, 0.3) is 0 Å². The summed E-state index contributed by atoms with van der Waals surface area (Å²) in [5, 5.41) is 9.80. The molecule has 0 spiro atoms. The molecule has 1 aliphatic carbocycles. The number of hydrogen-bond acceptors (Lipinski definition) is 4. The van der Waals surface area contributed by atoms with Gasteiger partial charge in [0.25, 0.3) is 5.91 Å². The highest BCUT2D eigenvalue weighted by molar-refractivity contribution is 5.80. The van der Waals surface area contributed by atoms with Gasteiger partial charge in [0.1, 0.15) is 5.75 Å². The maximum absolute atomic E-state index is 11.7. The fourth-order valence-electron chi connectivity index (χ4n) is 3.98. The fraction of sp³-hybridized carbons (Fsp3) is 0.636. The molecule has 3 N–H and O–H groups in total. The van der Waals surface area contributed by atoms with Crippen molar-refractivity contribution in [2.45, 2.75) is 69.7 Å². The van der Waals surface area contributed by atoms with Crippen LogP contribution in [0.1, 0.15) is 44.6 Å². The van der Waals surface area contributed by atoms with Gasteiger partial charge in [-0.15, -0.1) is 0 Å². The van der Waals surface area contributed by atoms with E-state index < -0.39 is 0 Å². The van der Waals surface area contributed by atoms with E-state index in [9.17, 15) is 4.79 Å². The van der Waals surface area contributed by atoms with Crippen molar-refractivity contribution in [2.24, 2.45) is 4.99 Å². The van der Waals surface area contributed by atoms with E-state index >= 15 is 0 Å². The second-order valence-corrected chi connectivity index (χ2v) is 8.15. The van der Waals surface area contributed by atoms with Crippen molar-refractivity contribution in [3.8, 4) is 5.75 Å². The molecule has 3 fully saturated rings. The summed E-state index contributed by atoms with van der Waals surface area (Å²) < 4.78 is 11.5. The lowest BCUT2D eigenvalue weighted by atomic mass is 9.96. The van der Waals surface area contributed by atoms with Crippen LogP contribution in [0.15, 0.2) is 29.3 Å². The van der Waals surface area contributed by atoms with Gasteiger partial charge >= 0.3 is 0 Å². The van der Waals surface area contributed by atoms with Gasteiger partial charge in [-0.05, 0) is 63.1 Å². The Morgan fingerprint density at radius 1 is 1.17 bits per heavy atom. The van der Waals surface area contributed by atoms with E-state index in [0.717, 1.165) is 50.4 Å². The van der Waals surface area contributed by atoms with E-state index in [-0.39, 0.29) is 12.5 Å². The van der Waals surface area contributed by atoms with Gasteiger partial charge in [-0.2, -0.15) is 0 Å². The Labute approximate surface area is 172 Å². The van der Waals surface area contributed by atoms with Gasteiger partial charge in [-0.25, -0.2) is 0 Å². The number of nitrogens with zero attached hydrogens (tertiary/aromatic N) is 1. The van der Waals surface area contributed by atoms with Crippen LogP contribution in [0.2, 0.25) is 0 Å². The third-order valence-electron chi connectivity index (χ3n) is 5.68. The Hall–Kier alpha value is -2.28.